The Balaban J connectivity index is 2.36. The number of ether oxygens (including phenoxy) is 2. The van der Waals surface area contributed by atoms with Crippen molar-refractivity contribution in [2.45, 2.75) is 6.42 Å². The van der Waals surface area contributed by atoms with Gasteiger partial charge in [0.1, 0.15) is 12.3 Å². The molecule has 0 unspecified atom stereocenters. The molecule has 1 aliphatic rings. The number of rotatable bonds is 1. The molecule has 0 bridgehead atoms. The molecule has 0 fully saturated rings. The van der Waals surface area contributed by atoms with E-state index in [1.165, 1.54) is 13.3 Å². The van der Waals surface area contributed by atoms with Gasteiger partial charge in [0.25, 0.3) is 0 Å². The highest BCUT2D eigenvalue weighted by atomic mass is 16.5. The molecule has 0 radical (unpaired) electrons. The lowest BCUT2D eigenvalue weighted by atomic mass is 10.1. The molecule has 1 aliphatic heterocycles. The minimum atomic E-state index is -0.499. The number of hydrogen-bond donors (Lipinski definition) is 0. The summed E-state index contributed by atoms with van der Waals surface area (Å²) in [5.41, 5.74) is 1.74. The second kappa shape index (κ2) is 3.68. The maximum absolute atomic E-state index is 11.2. The summed E-state index contributed by atoms with van der Waals surface area (Å²) in [6.45, 7) is 4.26. The number of methoxy groups -OCH3 is 1. The molecule has 1 aromatic rings. The van der Waals surface area contributed by atoms with Crippen molar-refractivity contribution in [3.63, 3.8) is 0 Å². The van der Waals surface area contributed by atoms with E-state index in [2.05, 4.69) is 21.3 Å². The van der Waals surface area contributed by atoms with Crippen LogP contribution in [0.25, 0.3) is 0 Å². The third-order valence-electron chi connectivity index (χ3n) is 2.03. The van der Waals surface area contributed by atoms with Gasteiger partial charge < -0.3 is 9.47 Å². The number of aromatic nitrogens is 2. The molecule has 0 N–H and O–H groups in total. The van der Waals surface area contributed by atoms with Crippen LogP contribution in [0.15, 0.2) is 18.3 Å². The van der Waals surface area contributed by atoms with E-state index in [0.29, 0.717) is 24.6 Å². The highest BCUT2D eigenvalue weighted by molar-refractivity contribution is 5.86. The Hall–Kier alpha value is -1.91. The van der Waals surface area contributed by atoms with Gasteiger partial charge in [0.2, 0.25) is 5.88 Å². The van der Waals surface area contributed by atoms with Crippen LogP contribution in [-0.4, -0.2) is 29.7 Å². The first-order valence-electron chi connectivity index (χ1n) is 4.44. The number of carbonyl (C=O) groups is 1. The number of carbonyl (C=O) groups excluding carboxylic acids is 1. The monoisotopic (exact) mass is 206 g/mol. The molecule has 78 valence electrons. The van der Waals surface area contributed by atoms with Crippen LogP contribution in [0.2, 0.25) is 0 Å². The fraction of sp³-hybridized carbons (Fsp3) is 0.300. The van der Waals surface area contributed by atoms with Crippen molar-refractivity contribution >= 4 is 5.97 Å². The van der Waals surface area contributed by atoms with E-state index in [-0.39, 0.29) is 5.69 Å². The van der Waals surface area contributed by atoms with Crippen LogP contribution in [0.1, 0.15) is 16.2 Å². The SMILES string of the molecule is C=C1COc2ncc(C(=O)OC)nc2C1. The maximum Gasteiger partial charge on any atom is 0.358 e. The van der Waals surface area contributed by atoms with Crippen LogP contribution in [0, 0.1) is 0 Å². The zero-order chi connectivity index (χ0) is 10.8. The summed E-state index contributed by atoms with van der Waals surface area (Å²) >= 11 is 0. The van der Waals surface area contributed by atoms with Gasteiger partial charge in [-0.05, 0) is 5.57 Å². The van der Waals surface area contributed by atoms with E-state index in [9.17, 15) is 4.79 Å². The van der Waals surface area contributed by atoms with Gasteiger partial charge in [-0.1, -0.05) is 6.58 Å². The van der Waals surface area contributed by atoms with E-state index >= 15 is 0 Å². The Morgan fingerprint density at radius 3 is 3.20 bits per heavy atom. The molecule has 5 nitrogen and oxygen atoms in total. The topological polar surface area (TPSA) is 61.3 Å². The summed E-state index contributed by atoms with van der Waals surface area (Å²) in [6.07, 6.45) is 1.94. The largest absolute Gasteiger partial charge is 0.472 e. The van der Waals surface area contributed by atoms with Crippen molar-refractivity contribution < 1.29 is 14.3 Å². The molecule has 2 rings (SSSR count). The highest BCUT2D eigenvalue weighted by Crippen LogP contribution is 2.21. The maximum atomic E-state index is 11.2. The summed E-state index contributed by atoms with van der Waals surface area (Å²) in [7, 11) is 1.30. The zero-order valence-corrected chi connectivity index (χ0v) is 8.32. The van der Waals surface area contributed by atoms with Gasteiger partial charge in [0.05, 0.1) is 13.3 Å². The van der Waals surface area contributed by atoms with Crippen LogP contribution >= 0.6 is 0 Å². The van der Waals surface area contributed by atoms with Gasteiger partial charge in [-0.3, -0.25) is 0 Å². The highest BCUT2D eigenvalue weighted by Gasteiger charge is 2.18. The lowest BCUT2D eigenvalue weighted by molar-refractivity contribution is 0.0593. The molecule has 0 aromatic carbocycles. The second-order valence-corrected chi connectivity index (χ2v) is 3.21. The molecule has 0 amide bonds. The number of fused-ring (bicyclic) bond motifs is 1. The average Bonchev–Trinajstić information content (AvgIpc) is 2.27. The van der Waals surface area contributed by atoms with Crippen LogP contribution in [0.4, 0.5) is 0 Å². The smallest absolute Gasteiger partial charge is 0.358 e. The summed E-state index contributed by atoms with van der Waals surface area (Å²) in [5, 5.41) is 0. The van der Waals surface area contributed by atoms with Crippen LogP contribution in [0.5, 0.6) is 5.88 Å². The van der Waals surface area contributed by atoms with Crippen LogP contribution < -0.4 is 4.74 Å². The number of esters is 1. The van der Waals surface area contributed by atoms with E-state index < -0.39 is 5.97 Å². The minimum Gasteiger partial charge on any atom is -0.472 e. The van der Waals surface area contributed by atoms with Crippen molar-refractivity contribution in [1.82, 2.24) is 9.97 Å². The fourth-order valence-electron chi connectivity index (χ4n) is 1.31. The van der Waals surface area contributed by atoms with E-state index in [0.717, 1.165) is 5.57 Å². The van der Waals surface area contributed by atoms with Crippen molar-refractivity contribution in [2.24, 2.45) is 0 Å². The van der Waals surface area contributed by atoms with Gasteiger partial charge >= 0.3 is 5.97 Å². The zero-order valence-electron chi connectivity index (χ0n) is 8.32. The standard InChI is InChI=1S/C10H10N2O3/c1-6-3-7-9(15-5-6)11-4-8(12-7)10(13)14-2/h4H,1,3,5H2,2H3. The van der Waals surface area contributed by atoms with Crippen molar-refractivity contribution in [2.75, 3.05) is 13.7 Å². The summed E-state index contributed by atoms with van der Waals surface area (Å²) in [5.74, 6) is -0.0310. The Morgan fingerprint density at radius 1 is 1.67 bits per heavy atom. The molecule has 0 aliphatic carbocycles. The molecule has 0 atom stereocenters. The Morgan fingerprint density at radius 2 is 2.47 bits per heavy atom. The summed E-state index contributed by atoms with van der Waals surface area (Å²) in [6, 6.07) is 0. The molecular formula is C10H10N2O3. The first-order chi connectivity index (χ1) is 7.20. The summed E-state index contributed by atoms with van der Waals surface area (Å²) in [4.78, 5) is 19.3. The quantitative estimate of drug-likeness (QED) is 0.501. The van der Waals surface area contributed by atoms with E-state index in [4.69, 9.17) is 4.74 Å². The average molecular weight is 206 g/mol. The lowest BCUT2D eigenvalue weighted by Crippen LogP contribution is -2.16. The molecular weight excluding hydrogens is 196 g/mol. The Kier molecular flexibility index (Phi) is 2.37. The molecule has 15 heavy (non-hydrogen) atoms. The predicted octanol–water partition coefficient (Wildman–Crippen LogP) is 0.754. The van der Waals surface area contributed by atoms with E-state index in [1.54, 1.807) is 0 Å². The molecule has 1 aromatic heterocycles. The number of nitrogens with zero attached hydrogens (tertiary/aromatic N) is 2. The first-order valence-corrected chi connectivity index (χ1v) is 4.44. The second-order valence-electron chi connectivity index (χ2n) is 3.21. The fourth-order valence-corrected chi connectivity index (χ4v) is 1.31. The third kappa shape index (κ3) is 1.81. The lowest BCUT2D eigenvalue weighted by Gasteiger charge is -2.16. The van der Waals surface area contributed by atoms with Gasteiger partial charge in [-0.2, -0.15) is 0 Å². The van der Waals surface area contributed by atoms with Gasteiger partial charge in [-0.15, -0.1) is 0 Å². The first kappa shape index (κ1) is 9.64. The van der Waals surface area contributed by atoms with Crippen molar-refractivity contribution in [1.29, 1.82) is 0 Å². The van der Waals surface area contributed by atoms with Crippen LogP contribution in [0.3, 0.4) is 0 Å². The predicted molar refractivity (Wildman–Crippen MR) is 51.7 cm³/mol. The molecule has 2 heterocycles. The third-order valence-corrected chi connectivity index (χ3v) is 2.03. The molecule has 0 saturated carbocycles. The van der Waals surface area contributed by atoms with Gasteiger partial charge in [0, 0.05) is 6.42 Å². The van der Waals surface area contributed by atoms with Gasteiger partial charge in [-0.25, -0.2) is 14.8 Å². The molecule has 0 spiro atoms. The van der Waals surface area contributed by atoms with E-state index in [1.807, 2.05) is 0 Å². The number of hydrogen-bond acceptors (Lipinski definition) is 5. The molecule has 0 saturated heterocycles. The Labute approximate surface area is 86.8 Å². The normalized spacial score (nSPS) is 14.1. The van der Waals surface area contributed by atoms with Crippen LogP contribution in [-0.2, 0) is 11.2 Å². The summed E-state index contributed by atoms with van der Waals surface area (Å²) < 4.78 is 9.83. The van der Waals surface area contributed by atoms with Crippen molar-refractivity contribution in [3.8, 4) is 5.88 Å². The minimum absolute atomic E-state index is 0.189. The van der Waals surface area contributed by atoms with Gasteiger partial charge in [0.15, 0.2) is 5.69 Å². The molecule has 5 heteroatoms. The Bertz CT molecular complexity index is 429. The van der Waals surface area contributed by atoms with Crippen molar-refractivity contribution in [3.05, 3.63) is 29.7 Å².